The van der Waals surface area contributed by atoms with Crippen molar-refractivity contribution in [2.45, 2.75) is 26.9 Å². The summed E-state index contributed by atoms with van der Waals surface area (Å²) in [6.45, 7) is 7.65. The number of aromatic nitrogens is 2. The maximum atomic E-state index is 5.54. The van der Waals surface area contributed by atoms with Crippen molar-refractivity contribution < 1.29 is 0 Å². The molecule has 1 aliphatic heterocycles. The molecule has 0 atom stereocenters. The van der Waals surface area contributed by atoms with Crippen molar-refractivity contribution in [2.24, 2.45) is 16.8 Å². The lowest BCUT2D eigenvalue weighted by Gasteiger charge is -2.30. The first-order chi connectivity index (χ1) is 8.20. The fourth-order valence-corrected chi connectivity index (χ4v) is 1.86. The molecule has 0 radical (unpaired) electrons. The summed E-state index contributed by atoms with van der Waals surface area (Å²) in [7, 11) is 0. The third kappa shape index (κ3) is 2.76. The standard InChI is InChI=1S/C11H20N6/c1-9(2)7-14-11(15-12)17-6-5-16-4-3-13-10(16)8-17/h3-4,9H,5-8,12H2,1-2H3,(H,14,15). The van der Waals surface area contributed by atoms with E-state index in [1.807, 2.05) is 12.4 Å². The Kier molecular flexibility index (Phi) is 3.63. The van der Waals surface area contributed by atoms with Gasteiger partial charge in [-0.15, -0.1) is 0 Å². The lowest BCUT2D eigenvalue weighted by Crippen LogP contribution is -2.48. The van der Waals surface area contributed by atoms with Crippen LogP contribution in [0.5, 0.6) is 0 Å². The van der Waals surface area contributed by atoms with E-state index in [2.05, 4.69) is 38.7 Å². The first-order valence-electron chi connectivity index (χ1n) is 5.96. The maximum Gasteiger partial charge on any atom is 0.208 e. The Labute approximate surface area is 101 Å². The van der Waals surface area contributed by atoms with Gasteiger partial charge >= 0.3 is 0 Å². The number of rotatable bonds is 2. The van der Waals surface area contributed by atoms with Crippen LogP contribution in [-0.4, -0.2) is 33.5 Å². The molecule has 1 aromatic heterocycles. The van der Waals surface area contributed by atoms with Crippen LogP contribution in [0.4, 0.5) is 0 Å². The molecule has 0 saturated carbocycles. The summed E-state index contributed by atoms with van der Waals surface area (Å²) in [6.07, 6.45) is 3.84. The van der Waals surface area contributed by atoms with Gasteiger partial charge < -0.3 is 9.47 Å². The van der Waals surface area contributed by atoms with Crippen LogP contribution in [0.3, 0.4) is 0 Å². The van der Waals surface area contributed by atoms with Crippen molar-refractivity contribution in [2.75, 3.05) is 13.1 Å². The minimum atomic E-state index is 0.533. The van der Waals surface area contributed by atoms with E-state index in [1.54, 1.807) is 0 Å². The molecular formula is C11H20N6. The molecule has 0 bridgehead atoms. The first kappa shape index (κ1) is 11.9. The predicted molar refractivity (Wildman–Crippen MR) is 67.1 cm³/mol. The van der Waals surface area contributed by atoms with Gasteiger partial charge in [0.15, 0.2) is 0 Å². The van der Waals surface area contributed by atoms with Gasteiger partial charge in [-0.05, 0) is 5.92 Å². The second-order valence-corrected chi connectivity index (χ2v) is 4.66. The quantitative estimate of drug-likeness (QED) is 0.332. The molecule has 0 fully saturated rings. The van der Waals surface area contributed by atoms with Gasteiger partial charge in [-0.1, -0.05) is 13.8 Å². The normalized spacial score (nSPS) is 16.2. The minimum absolute atomic E-state index is 0.533. The predicted octanol–water partition coefficient (Wildman–Crippen LogP) is 0.174. The third-order valence-corrected chi connectivity index (χ3v) is 2.78. The number of nitrogens with two attached hydrogens (primary N) is 1. The van der Waals surface area contributed by atoms with E-state index in [-0.39, 0.29) is 0 Å². The zero-order chi connectivity index (χ0) is 12.3. The average Bonchev–Trinajstić information content (AvgIpc) is 2.76. The fraction of sp³-hybridized carbons (Fsp3) is 0.636. The molecular weight excluding hydrogens is 216 g/mol. The van der Waals surface area contributed by atoms with Crippen molar-refractivity contribution in [3.05, 3.63) is 18.2 Å². The van der Waals surface area contributed by atoms with Crippen molar-refractivity contribution >= 4 is 5.96 Å². The van der Waals surface area contributed by atoms with Crippen molar-refractivity contribution in [1.29, 1.82) is 0 Å². The summed E-state index contributed by atoms with van der Waals surface area (Å²) in [6, 6.07) is 0. The molecule has 6 nitrogen and oxygen atoms in total. The molecule has 2 heterocycles. The number of fused-ring (bicyclic) bond motifs is 1. The fourth-order valence-electron chi connectivity index (χ4n) is 1.86. The van der Waals surface area contributed by atoms with E-state index in [9.17, 15) is 0 Å². The Balaban J connectivity index is 2.05. The summed E-state index contributed by atoms with van der Waals surface area (Å²) in [5.74, 6) is 7.88. The summed E-state index contributed by atoms with van der Waals surface area (Å²) in [4.78, 5) is 10.9. The largest absolute Gasteiger partial charge is 0.333 e. The Hall–Kier alpha value is -1.56. The number of aliphatic imine (C=N–C) groups is 1. The molecule has 94 valence electrons. The number of hydrazine groups is 1. The Morgan fingerprint density at radius 3 is 3.12 bits per heavy atom. The van der Waals surface area contributed by atoms with Crippen LogP contribution in [0.25, 0.3) is 0 Å². The number of nitrogens with zero attached hydrogens (tertiary/aromatic N) is 4. The molecule has 17 heavy (non-hydrogen) atoms. The topological polar surface area (TPSA) is 71.5 Å². The Morgan fingerprint density at radius 1 is 1.59 bits per heavy atom. The molecule has 3 N–H and O–H groups in total. The van der Waals surface area contributed by atoms with Gasteiger partial charge in [0.1, 0.15) is 5.82 Å². The SMILES string of the molecule is CC(C)CN=C(NN)N1CCn2ccnc2C1. The van der Waals surface area contributed by atoms with Crippen LogP contribution < -0.4 is 11.3 Å². The molecule has 1 aromatic rings. The molecule has 0 spiro atoms. The molecule has 0 unspecified atom stereocenters. The average molecular weight is 236 g/mol. The van der Waals surface area contributed by atoms with Gasteiger partial charge in [0.05, 0.1) is 6.54 Å². The van der Waals surface area contributed by atoms with Crippen LogP contribution >= 0.6 is 0 Å². The van der Waals surface area contributed by atoms with Crippen LogP contribution in [-0.2, 0) is 13.1 Å². The number of guanidine groups is 1. The van der Waals surface area contributed by atoms with E-state index >= 15 is 0 Å². The van der Waals surface area contributed by atoms with E-state index in [0.717, 1.165) is 38.0 Å². The highest BCUT2D eigenvalue weighted by molar-refractivity contribution is 5.79. The number of imidazole rings is 1. The summed E-state index contributed by atoms with van der Waals surface area (Å²) < 4.78 is 2.16. The number of hydrogen-bond acceptors (Lipinski definition) is 3. The molecule has 0 amide bonds. The Morgan fingerprint density at radius 2 is 2.41 bits per heavy atom. The highest BCUT2D eigenvalue weighted by Gasteiger charge is 2.19. The minimum Gasteiger partial charge on any atom is -0.333 e. The smallest absolute Gasteiger partial charge is 0.208 e. The van der Waals surface area contributed by atoms with Gasteiger partial charge in [-0.2, -0.15) is 0 Å². The second-order valence-electron chi connectivity index (χ2n) is 4.66. The van der Waals surface area contributed by atoms with Gasteiger partial charge in [0.2, 0.25) is 5.96 Å². The van der Waals surface area contributed by atoms with Crippen LogP contribution in [0.2, 0.25) is 0 Å². The van der Waals surface area contributed by atoms with E-state index < -0.39 is 0 Å². The molecule has 0 aliphatic carbocycles. The highest BCUT2D eigenvalue weighted by Crippen LogP contribution is 2.10. The van der Waals surface area contributed by atoms with Gasteiger partial charge in [0, 0.05) is 32.0 Å². The zero-order valence-electron chi connectivity index (χ0n) is 10.4. The van der Waals surface area contributed by atoms with Gasteiger partial charge in [0.25, 0.3) is 0 Å². The lowest BCUT2D eigenvalue weighted by molar-refractivity contribution is 0.319. The highest BCUT2D eigenvalue weighted by atomic mass is 15.4. The Bertz CT molecular complexity index is 394. The summed E-state index contributed by atoms with van der Waals surface area (Å²) in [5.41, 5.74) is 2.69. The number of nitrogens with one attached hydrogen (secondary N) is 1. The zero-order valence-corrected chi connectivity index (χ0v) is 10.4. The van der Waals surface area contributed by atoms with E-state index in [4.69, 9.17) is 5.84 Å². The van der Waals surface area contributed by atoms with E-state index in [1.165, 1.54) is 0 Å². The lowest BCUT2D eigenvalue weighted by atomic mass is 10.2. The van der Waals surface area contributed by atoms with Crippen LogP contribution in [0, 0.1) is 5.92 Å². The summed E-state index contributed by atoms with van der Waals surface area (Å²) in [5, 5.41) is 0. The molecule has 2 rings (SSSR count). The maximum absolute atomic E-state index is 5.54. The molecule has 1 aliphatic rings. The first-order valence-corrected chi connectivity index (χ1v) is 5.96. The summed E-state index contributed by atoms with van der Waals surface area (Å²) >= 11 is 0. The van der Waals surface area contributed by atoms with Gasteiger partial charge in [-0.3, -0.25) is 10.4 Å². The molecule has 0 aromatic carbocycles. The number of hydrogen-bond donors (Lipinski definition) is 2. The van der Waals surface area contributed by atoms with Crippen LogP contribution in [0.15, 0.2) is 17.4 Å². The monoisotopic (exact) mass is 236 g/mol. The van der Waals surface area contributed by atoms with Crippen LogP contribution in [0.1, 0.15) is 19.7 Å². The third-order valence-electron chi connectivity index (χ3n) is 2.78. The molecule has 6 heteroatoms. The molecule has 0 saturated heterocycles. The van der Waals surface area contributed by atoms with E-state index in [0.29, 0.717) is 5.92 Å². The van der Waals surface area contributed by atoms with Crippen molar-refractivity contribution in [1.82, 2.24) is 19.9 Å². The van der Waals surface area contributed by atoms with Gasteiger partial charge in [-0.25, -0.2) is 10.8 Å². The van der Waals surface area contributed by atoms with Crippen molar-refractivity contribution in [3.8, 4) is 0 Å². The second kappa shape index (κ2) is 5.18. The van der Waals surface area contributed by atoms with Crippen molar-refractivity contribution in [3.63, 3.8) is 0 Å².